The SMILES string of the molecule is Cc1ccccc1NC(=O)Cn1c(C(C)O)nc2ccccc21. The summed E-state index contributed by atoms with van der Waals surface area (Å²) in [5.41, 5.74) is 3.41. The third-order valence-corrected chi connectivity index (χ3v) is 3.78. The zero-order valence-corrected chi connectivity index (χ0v) is 13.2. The number of anilines is 1. The molecule has 0 radical (unpaired) electrons. The lowest BCUT2D eigenvalue weighted by molar-refractivity contribution is -0.116. The Kier molecular flexibility index (Phi) is 4.12. The van der Waals surface area contributed by atoms with E-state index in [1.165, 1.54) is 0 Å². The van der Waals surface area contributed by atoms with Gasteiger partial charge >= 0.3 is 0 Å². The first-order chi connectivity index (χ1) is 11.1. The third-order valence-electron chi connectivity index (χ3n) is 3.78. The molecular formula is C18H19N3O2. The van der Waals surface area contributed by atoms with Crippen molar-refractivity contribution >= 4 is 22.6 Å². The van der Waals surface area contributed by atoms with E-state index in [9.17, 15) is 9.90 Å². The molecule has 0 saturated heterocycles. The summed E-state index contributed by atoms with van der Waals surface area (Å²) in [7, 11) is 0. The number of nitrogens with zero attached hydrogens (tertiary/aromatic N) is 2. The zero-order valence-electron chi connectivity index (χ0n) is 13.2. The summed E-state index contributed by atoms with van der Waals surface area (Å²) in [4.78, 5) is 16.8. The van der Waals surface area contributed by atoms with Crippen LogP contribution in [0.4, 0.5) is 5.69 Å². The van der Waals surface area contributed by atoms with Gasteiger partial charge in [-0.2, -0.15) is 0 Å². The van der Waals surface area contributed by atoms with E-state index in [2.05, 4.69) is 10.3 Å². The molecule has 0 aliphatic heterocycles. The fraction of sp³-hybridized carbons (Fsp3) is 0.222. The van der Waals surface area contributed by atoms with Crippen LogP contribution in [-0.2, 0) is 11.3 Å². The zero-order chi connectivity index (χ0) is 16.4. The Bertz CT molecular complexity index is 852. The molecule has 0 aliphatic carbocycles. The summed E-state index contributed by atoms with van der Waals surface area (Å²) in [6, 6.07) is 15.2. The maximum absolute atomic E-state index is 12.4. The van der Waals surface area contributed by atoms with Crippen LogP contribution < -0.4 is 5.32 Å². The first-order valence-electron chi connectivity index (χ1n) is 7.55. The van der Waals surface area contributed by atoms with E-state index in [4.69, 9.17) is 0 Å². The van der Waals surface area contributed by atoms with Gasteiger partial charge in [0.05, 0.1) is 11.0 Å². The summed E-state index contributed by atoms with van der Waals surface area (Å²) in [6.07, 6.45) is -0.742. The van der Waals surface area contributed by atoms with E-state index in [1.54, 1.807) is 11.5 Å². The maximum atomic E-state index is 12.4. The number of benzene rings is 2. The third kappa shape index (κ3) is 3.10. The van der Waals surface area contributed by atoms with E-state index < -0.39 is 6.10 Å². The molecule has 5 heteroatoms. The molecule has 0 aliphatic rings. The molecule has 0 saturated carbocycles. The lowest BCUT2D eigenvalue weighted by Crippen LogP contribution is -2.21. The number of aromatic nitrogens is 2. The highest BCUT2D eigenvalue weighted by Gasteiger charge is 2.17. The molecule has 3 rings (SSSR count). The van der Waals surface area contributed by atoms with Crippen molar-refractivity contribution in [2.45, 2.75) is 26.5 Å². The number of hydrogen-bond donors (Lipinski definition) is 2. The summed E-state index contributed by atoms with van der Waals surface area (Å²) >= 11 is 0. The van der Waals surface area contributed by atoms with Gasteiger partial charge in [-0.1, -0.05) is 30.3 Å². The summed E-state index contributed by atoms with van der Waals surface area (Å²) in [6.45, 7) is 3.70. The highest BCUT2D eigenvalue weighted by Crippen LogP contribution is 2.21. The van der Waals surface area contributed by atoms with Crippen molar-refractivity contribution < 1.29 is 9.90 Å². The molecule has 1 amide bonds. The van der Waals surface area contributed by atoms with Crippen LogP contribution in [0.2, 0.25) is 0 Å². The molecule has 2 aromatic carbocycles. The normalized spacial score (nSPS) is 12.3. The molecule has 1 aromatic heterocycles. The van der Waals surface area contributed by atoms with Gasteiger partial charge in [0.2, 0.25) is 5.91 Å². The smallest absolute Gasteiger partial charge is 0.244 e. The Hall–Kier alpha value is -2.66. The van der Waals surface area contributed by atoms with Crippen LogP contribution in [0.15, 0.2) is 48.5 Å². The Balaban J connectivity index is 1.90. The fourth-order valence-corrected chi connectivity index (χ4v) is 2.63. The van der Waals surface area contributed by atoms with Crippen LogP contribution in [0.1, 0.15) is 24.4 Å². The van der Waals surface area contributed by atoms with E-state index in [-0.39, 0.29) is 12.5 Å². The highest BCUT2D eigenvalue weighted by molar-refractivity contribution is 5.92. The molecule has 0 bridgehead atoms. The summed E-state index contributed by atoms with van der Waals surface area (Å²) in [5, 5.41) is 12.8. The van der Waals surface area contributed by atoms with Crippen molar-refractivity contribution in [3.63, 3.8) is 0 Å². The fourth-order valence-electron chi connectivity index (χ4n) is 2.63. The van der Waals surface area contributed by atoms with Crippen molar-refractivity contribution in [2.24, 2.45) is 0 Å². The molecule has 23 heavy (non-hydrogen) atoms. The summed E-state index contributed by atoms with van der Waals surface area (Å²) < 4.78 is 1.76. The number of para-hydroxylation sites is 3. The van der Waals surface area contributed by atoms with Crippen molar-refractivity contribution in [1.29, 1.82) is 0 Å². The van der Waals surface area contributed by atoms with Gasteiger partial charge in [-0.25, -0.2) is 4.98 Å². The second-order valence-corrected chi connectivity index (χ2v) is 5.58. The van der Waals surface area contributed by atoms with Crippen molar-refractivity contribution in [2.75, 3.05) is 5.32 Å². The van der Waals surface area contributed by atoms with Crippen molar-refractivity contribution in [3.8, 4) is 0 Å². The average Bonchev–Trinajstić information content (AvgIpc) is 2.89. The number of aliphatic hydroxyl groups is 1. The standard InChI is InChI=1S/C18H19N3O2/c1-12-7-3-4-8-14(12)19-17(23)11-21-16-10-6-5-9-15(16)20-18(21)13(2)22/h3-10,13,22H,11H2,1-2H3,(H,19,23). The second-order valence-electron chi connectivity index (χ2n) is 5.58. The van der Waals surface area contributed by atoms with Crippen LogP contribution in [0.5, 0.6) is 0 Å². The molecule has 0 fully saturated rings. The molecule has 118 valence electrons. The van der Waals surface area contributed by atoms with Crippen molar-refractivity contribution in [1.82, 2.24) is 9.55 Å². The number of carbonyl (C=O) groups is 1. The Morgan fingerprint density at radius 3 is 2.65 bits per heavy atom. The minimum absolute atomic E-state index is 0.106. The quantitative estimate of drug-likeness (QED) is 0.778. The lowest BCUT2D eigenvalue weighted by atomic mass is 10.2. The monoisotopic (exact) mass is 309 g/mol. The number of amides is 1. The number of hydrogen-bond acceptors (Lipinski definition) is 3. The van der Waals surface area contributed by atoms with Crippen LogP contribution in [0.3, 0.4) is 0 Å². The molecular weight excluding hydrogens is 290 g/mol. The highest BCUT2D eigenvalue weighted by atomic mass is 16.3. The first kappa shape index (κ1) is 15.2. The van der Waals surface area contributed by atoms with Gasteiger partial charge < -0.3 is 15.0 Å². The predicted octanol–water partition coefficient (Wildman–Crippen LogP) is 3.04. The maximum Gasteiger partial charge on any atom is 0.244 e. The van der Waals surface area contributed by atoms with Crippen molar-refractivity contribution in [3.05, 3.63) is 59.9 Å². The molecule has 2 N–H and O–H groups in total. The Morgan fingerprint density at radius 2 is 1.91 bits per heavy atom. The van der Waals surface area contributed by atoms with Gasteiger partial charge in [-0.3, -0.25) is 4.79 Å². The molecule has 1 unspecified atom stereocenters. The molecule has 3 aromatic rings. The van der Waals surface area contributed by atoms with E-state index in [1.807, 2.05) is 55.5 Å². The number of carbonyl (C=O) groups excluding carboxylic acids is 1. The number of aryl methyl sites for hydroxylation is 1. The van der Waals surface area contributed by atoms with Gasteiger partial charge in [0.15, 0.2) is 0 Å². The summed E-state index contributed by atoms with van der Waals surface area (Å²) in [5.74, 6) is 0.343. The molecule has 5 nitrogen and oxygen atoms in total. The first-order valence-corrected chi connectivity index (χ1v) is 7.55. The van der Waals surface area contributed by atoms with Gasteiger partial charge in [-0.05, 0) is 37.6 Å². The van der Waals surface area contributed by atoms with Crippen LogP contribution in [0.25, 0.3) is 11.0 Å². The Labute approximate surface area is 134 Å². The lowest BCUT2D eigenvalue weighted by Gasteiger charge is -2.12. The van der Waals surface area contributed by atoms with E-state index in [0.717, 1.165) is 22.3 Å². The van der Waals surface area contributed by atoms with Crippen LogP contribution in [0, 0.1) is 6.92 Å². The minimum Gasteiger partial charge on any atom is -0.385 e. The van der Waals surface area contributed by atoms with Gasteiger partial charge in [0, 0.05) is 5.69 Å². The van der Waals surface area contributed by atoms with Crippen LogP contribution in [-0.4, -0.2) is 20.6 Å². The number of aliphatic hydroxyl groups excluding tert-OH is 1. The van der Waals surface area contributed by atoms with Gasteiger partial charge in [0.1, 0.15) is 18.5 Å². The second kappa shape index (κ2) is 6.22. The van der Waals surface area contributed by atoms with E-state index >= 15 is 0 Å². The van der Waals surface area contributed by atoms with E-state index in [0.29, 0.717) is 5.82 Å². The predicted molar refractivity (Wildman–Crippen MR) is 90.2 cm³/mol. The number of fused-ring (bicyclic) bond motifs is 1. The van der Waals surface area contributed by atoms with Gasteiger partial charge in [-0.15, -0.1) is 0 Å². The van der Waals surface area contributed by atoms with Gasteiger partial charge in [0.25, 0.3) is 0 Å². The number of imidazole rings is 1. The minimum atomic E-state index is -0.742. The largest absolute Gasteiger partial charge is 0.385 e. The number of nitrogens with one attached hydrogen (secondary N) is 1. The number of rotatable bonds is 4. The topological polar surface area (TPSA) is 67.2 Å². The molecule has 1 heterocycles. The molecule has 0 spiro atoms. The Morgan fingerprint density at radius 1 is 1.22 bits per heavy atom. The van der Waals surface area contributed by atoms with Crippen LogP contribution >= 0.6 is 0 Å². The molecule has 1 atom stereocenters. The average molecular weight is 309 g/mol.